The lowest BCUT2D eigenvalue weighted by Crippen LogP contribution is -2.19. The molecule has 0 unspecified atom stereocenters. The first-order valence-corrected chi connectivity index (χ1v) is 3.59. The van der Waals surface area contributed by atoms with Gasteiger partial charge >= 0.3 is 0 Å². The standard InChI is InChI=1S/C8H14O4/c1-3-8(12-7-10-2)6-11-5-4-9/h3-4,8H,1,5-7H2,2H3/t8-/m1/s1. The minimum atomic E-state index is -0.218. The predicted molar refractivity (Wildman–Crippen MR) is 43.8 cm³/mol. The van der Waals surface area contributed by atoms with Crippen molar-refractivity contribution in [3.63, 3.8) is 0 Å². The number of carbonyl (C=O) groups excluding carboxylic acids is 1. The molecule has 0 bridgehead atoms. The topological polar surface area (TPSA) is 44.8 Å². The van der Waals surface area contributed by atoms with Crippen LogP contribution in [0.1, 0.15) is 0 Å². The highest BCUT2D eigenvalue weighted by atomic mass is 16.7. The van der Waals surface area contributed by atoms with Crippen LogP contribution in [0.25, 0.3) is 0 Å². The highest BCUT2D eigenvalue weighted by Crippen LogP contribution is 1.94. The Morgan fingerprint density at radius 2 is 2.33 bits per heavy atom. The second-order valence-corrected chi connectivity index (χ2v) is 2.05. The molecule has 0 N–H and O–H groups in total. The van der Waals surface area contributed by atoms with E-state index in [0.717, 1.165) is 0 Å². The molecule has 0 rings (SSSR count). The quantitative estimate of drug-likeness (QED) is 0.231. The molecular formula is C8H14O4. The zero-order valence-electron chi connectivity index (χ0n) is 7.19. The highest BCUT2D eigenvalue weighted by Gasteiger charge is 2.02. The Balaban J connectivity index is 3.38. The molecule has 0 aromatic rings. The molecule has 0 aromatic carbocycles. The summed E-state index contributed by atoms with van der Waals surface area (Å²) in [7, 11) is 1.53. The molecule has 70 valence electrons. The number of methoxy groups -OCH3 is 1. The maximum atomic E-state index is 9.87. The lowest BCUT2D eigenvalue weighted by molar-refractivity contribution is -0.115. The molecule has 12 heavy (non-hydrogen) atoms. The van der Waals surface area contributed by atoms with Crippen molar-refractivity contribution < 1.29 is 19.0 Å². The third-order valence-corrected chi connectivity index (χ3v) is 1.13. The fraction of sp³-hybridized carbons (Fsp3) is 0.625. The van der Waals surface area contributed by atoms with E-state index in [-0.39, 0.29) is 19.5 Å². The van der Waals surface area contributed by atoms with E-state index in [9.17, 15) is 4.79 Å². The summed E-state index contributed by atoms with van der Waals surface area (Å²) in [4.78, 5) is 9.87. The predicted octanol–water partition coefficient (Wildman–Crippen LogP) is 0.377. The maximum Gasteiger partial charge on any atom is 0.147 e. The first kappa shape index (κ1) is 11.3. The van der Waals surface area contributed by atoms with Crippen molar-refractivity contribution in [2.24, 2.45) is 0 Å². The van der Waals surface area contributed by atoms with E-state index in [1.54, 1.807) is 6.08 Å². The Labute approximate surface area is 72.1 Å². The molecule has 0 saturated heterocycles. The molecule has 0 aliphatic rings. The van der Waals surface area contributed by atoms with Gasteiger partial charge in [-0.05, 0) is 0 Å². The molecular weight excluding hydrogens is 160 g/mol. The van der Waals surface area contributed by atoms with Crippen molar-refractivity contribution in [1.29, 1.82) is 0 Å². The summed E-state index contributed by atoms with van der Waals surface area (Å²) in [5.74, 6) is 0. The SMILES string of the molecule is C=C[C@H](COCC=O)OCOC. The van der Waals surface area contributed by atoms with Crippen molar-refractivity contribution in [2.75, 3.05) is 27.1 Å². The second-order valence-electron chi connectivity index (χ2n) is 2.05. The van der Waals surface area contributed by atoms with Crippen molar-refractivity contribution in [3.8, 4) is 0 Å². The summed E-state index contributed by atoms with van der Waals surface area (Å²) >= 11 is 0. The molecule has 1 atom stereocenters. The number of ether oxygens (including phenoxy) is 3. The molecule has 0 spiro atoms. The first-order chi connectivity index (χ1) is 5.85. The van der Waals surface area contributed by atoms with Crippen LogP contribution in [-0.2, 0) is 19.0 Å². The van der Waals surface area contributed by atoms with E-state index in [0.29, 0.717) is 12.9 Å². The first-order valence-electron chi connectivity index (χ1n) is 3.59. The molecule has 0 aliphatic heterocycles. The van der Waals surface area contributed by atoms with Gasteiger partial charge in [0.2, 0.25) is 0 Å². The van der Waals surface area contributed by atoms with E-state index in [2.05, 4.69) is 11.3 Å². The molecule has 0 aromatic heterocycles. The molecule has 0 heterocycles. The van der Waals surface area contributed by atoms with E-state index in [1.165, 1.54) is 7.11 Å². The Morgan fingerprint density at radius 1 is 1.58 bits per heavy atom. The van der Waals surface area contributed by atoms with Gasteiger partial charge in [0.25, 0.3) is 0 Å². The lowest BCUT2D eigenvalue weighted by Gasteiger charge is -2.11. The fourth-order valence-corrected chi connectivity index (χ4v) is 0.572. The third-order valence-electron chi connectivity index (χ3n) is 1.13. The molecule has 4 nitrogen and oxygen atoms in total. The lowest BCUT2D eigenvalue weighted by atomic mass is 10.4. The summed E-state index contributed by atoms with van der Waals surface area (Å²) in [6.07, 6.45) is 2.07. The Morgan fingerprint density at radius 3 is 2.83 bits per heavy atom. The van der Waals surface area contributed by atoms with E-state index in [4.69, 9.17) is 9.47 Å². The maximum absolute atomic E-state index is 9.87. The van der Waals surface area contributed by atoms with Crippen LogP contribution in [0.2, 0.25) is 0 Å². The van der Waals surface area contributed by atoms with Gasteiger partial charge in [-0.2, -0.15) is 0 Å². The minimum absolute atomic E-state index is 0.0840. The van der Waals surface area contributed by atoms with Gasteiger partial charge in [-0.3, -0.25) is 0 Å². The van der Waals surface area contributed by atoms with Gasteiger partial charge in [0.15, 0.2) is 0 Å². The number of aldehydes is 1. The van der Waals surface area contributed by atoms with Crippen molar-refractivity contribution >= 4 is 6.29 Å². The van der Waals surface area contributed by atoms with E-state index in [1.807, 2.05) is 0 Å². The molecule has 0 aliphatic carbocycles. The van der Waals surface area contributed by atoms with Gasteiger partial charge in [0.1, 0.15) is 25.8 Å². The van der Waals surface area contributed by atoms with Gasteiger partial charge < -0.3 is 19.0 Å². The van der Waals surface area contributed by atoms with Crippen LogP contribution >= 0.6 is 0 Å². The summed E-state index contributed by atoms with van der Waals surface area (Å²) in [6.45, 7) is 4.15. The van der Waals surface area contributed by atoms with Gasteiger partial charge in [-0.1, -0.05) is 6.08 Å². The number of hydrogen-bond acceptors (Lipinski definition) is 4. The van der Waals surface area contributed by atoms with Crippen LogP contribution in [0.15, 0.2) is 12.7 Å². The molecule has 0 fully saturated rings. The molecule has 4 heteroatoms. The highest BCUT2D eigenvalue weighted by molar-refractivity contribution is 5.50. The second kappa shape index (κ2) is 8.39. The zero-order valence-corrected chi connectivity index (χ0v) is 7.19. The van der Waals surface area contributed by atoms with Crippen molar-refractivity contribution in [1.82, 2.24) is 0 Å². The zero-order chi connectivity index (χ0) is 9.23. The van der Waals surface area contributed by atoms with Crippen LogP contribution in [0.5, 0.6) is 0 Å². The smallest absolute Gasteiger partial charge is 0.147 e. The van der Waals surface area contributed by atoms with Crippen LogP contribution in [0.3, 0.4) is 0 Å². The summed E-state index contributed by atoms with van der Waals surface area (Å²) in [5.41, 5.74) is 0. The third kappa shape index (κ3) is 6.03. The van der Waals surface area contributed by atoms with Gasteiger partial charge in [0, 0.05) is 7.11 Å². The van der Waals surface area contributed by atoms with E-state index >= 15 is 0 Å². The monoisotopic (exact) mass is 174 g/mol. The summed E-state index contributed by atoms with van der Waals surface area (Å²) < 4.78 is 14.7. The molecule has 0 radical (unpaired) electrons. The normalized spacial score (nSPS) is 12.4. The average molecular weight is 174 g/mol. The van der Waals surface area contributed by atoms with Gasteiger partial charge in [-0.15, -0.1) is 6.58 Å². The van der Waals surface area contributed by atoms with Crippen molar-refractivity contribution in [3.05, 3.63) is 12.7 Å². The number of carbonyl (C=O) groups is 1. The minimum Gasteiger partial charge on any atom is -0.371 e. The Hall–Kier alpha value is -0.710. The van der Waals surface area contributed by atoms with Gasteiger partial charge in [-0.25, -0.2) is 0 Å². The number of rotatable bonds is 8. The average Bonchev–Trinajstić information content (AvgIpc) is 2.11. The van der Waals surface area contributed by atoms with Crippen LogP contribution in [0, 0.1) is 0 Å². The van der Waals surface area contributed by atoms with Crippen LogP contribution in [-0.4, -0.2) is 39.5 Å². The molecule has 0 amide bonds. The van der Waals surface area contributed by atoms with Crippen LogP contribution in [0.4, 0.5) is 0 Å². The Bertz CT molecular complexity index is 124. The summed E-state index contributed by atoms with van der Waals surface area (Å²) in [6, 6.07) is 0. The van der Waals surface area contributed by atoms with Gasteiger partial charge in [0.05, 0.1) is 6.61 Å². The van der Waals surface area contributed by atoms with Crippen LogP contribution < -0.4 is 0 Å². The Kier molecular flexibility index (Phi) is 7.89. The fourth-order valence-electron chi connectivity index (χ4n) is 0.572. The molecule has 0 saturated carbocycles. The summed E-state index contributed by atoms with van der Waals surface area (Å²) in [5, 5.41) is 0. The largest absolute Gasteiger partial charge is 0.371 e. The van der Waals surface area contributed by atoms with E-state index < -0.39 is 0 Å². The van der Waals surface area contributed by atoms with Crippen molar-refractivity contribution in [2.45, 2.75) is 6.10 Å². The number of hydrogen-bond donors (Lipinski definition) is 0.